The van der Waals surface area contributed by atoms with Crippen LogP contribution in [0.2, 0.25) is 0 Å². The third-order valence-electron chi connectivity index (χ3n) is 5.73. The van der Waals surface area contributed by atoms with Crippen LogP contribution < -0.4 is 14.9 Å². The van der Waals surface area contributed by atoms with Crippen molar-refractivity contribution in [2.45, 2.75) is 30.3 Å². The summed E-state index contributed by atoms with van der Waals surface area (Å²) in [4.78, 5) is 17.8. The van der Waals surface area contributed by atoms with Crippen molar-refractivity contribution >= 4 is 32.5 Å². The number of anilines is 1. The van der Waals surface area contributed by atoms with Crippen LogP contribution in [0.15, 0.2) is 53.6 Å². The Balaban J connectivity index is 1.35. The lowest BCUT2D eigenvalue weighted by Crippen LogP contribution is -2.41. The fraction of sp³-hybridized carbons (Fsp3) is 0.286. The van der Waals surface area contributed by atoms with E-state index in [9.17, 15) is 13.2 Å². The summed E-state index contributed by atoms with van der Waals surface area (Å²) < 4.78 is 28.3. The first-order valence-electron chi connectivity index (χ1n) is 9.75. The number of carbonyl (C=O) groups is 1. The first-order chi connectivity index (χ1) is 14.0. The van der Waals surface area contributed by atoms with Crippen LogP contribution in [0.3, 0.4) is 0 Å². The van der Waals surface area contributed by atoms with Gasteiger partial charge >= 0.3 is 0 Å². The van der Waals surface area contributed by atoms with E-state index in [1.807, 2.05) is 18.2 Å². The number of sulfonamides is 1. The van der Waals surface area contributed by atoms with Gasteiger partial charge < -0.3 is 15.2 Å². The lowest BCUT2D eigenvalue weighted by molar-refractivity contribution is -0.118. The van der Waals surface area contributed by atoms with Crippen LogP contribution in [0.25, 0.3) is 10.9 Å². The fourth-order valence-corrected chi connectivity index (χ4v) is 5.38. The fourth-order valence-electron chi connectivity index (χ4n) is 4.13. The van der Waals surface area contributed by atoms with Crippen molar-refractivity contribution in [1.29, 1.82) is 0 Å². The van der Waals surface area contributed by atoms with Gasteiger partial charge in [0.05, 0.1) is 4.90 Å². The van der Waals surface area contributed by atoms with Gasteiger partial charge in [-0.3, -0.25) is 4.79 Å². The Hall–Kier alpha value is -2.68. The SMILES string of the molecule is O=C1[C@@H](NS(=O)(=O)c2ccc3cc[nH]c3c2)CCN1c1ccc2c(c1)CNCC2. The van der Waals surface area contributed by atoms with Crippen LogP contribution in [0.5, 0.6) is 0 Å². The summed E-state index contributed by atoms with van der Waals surface area (Å²) >= 11 is 0. The standard InChI is InChI=1S/C21H22N4O3S/c26-21-19(24-29(27,28)18-4-2-15-6-9-23-20(15)12-18)7-10-25(21)17-3-1-14-5-8-22-13-16(14)11-17/h1-4,6,9,11-12,19,22-24H,5,7-8,10,13H2/t19-/m0/s1. The second-order valence-corrected chi connectivity index (χ2v) is 9.27. The molecule has 0 saturated carbocycles. The third kappa shape index (κ3) is 3.33. The maximum atomic E-state index is 12.9. The minimum Gasteiger partial charge on any atom is -0.361 e. The number of aromatic nitrogens is 1. The monoisotopic (exact) mass is 410 g/mol. The largest absolute Gasteiger partial charge is 0.361 e. The number of carbonyl (C=O) groups excluding carboxylic acids is 1. The molecule has 3 heterocycles. The van der Waals surface area contributed by atoms with Crippen LogP contribution in [0.4, 0.5) is 5.69 Å². The van der Waals surface area contributed by atoms with Gasteiger partial charge in [0.15, 0.2) is 0 Å². The molecule has 8 heteroatoms. The molecule has 1 amide bonds. The summed E-state index contributed by atoms with van der Waals surface area (Å²) in [5, 5.41) is 4.28. The van der Waals surface area contributed by atoms with Crippen molar-refractivity contribution in [2.24, 2.45) is 0 Å². The highest BCUT2D eigenvalue weighted by atomic mass is 32.2. The smallest absolute Gasteiger partial charge is 0.245 e. The number of rotatable bonds is 4. The molecule has 0 unspecified atom stereocenters. The Kier molecular flexibility index (Phi) is 4.42. The van der Waals surface area contributed by atoms with Gasteiger partial charge in [-0.2, -0.15) is 4.72 Å². The van der Waals surface area contributed by atoms with Crippen LogP contribution in [-0.4, -0.2) is 38.4 Å². The normalized spacial score (nSPS) is 19.7. The van der Waals surface area contributed by atoms with Crippen LogP contribution in [0, 0.1) is 0 Å². The summed E-state index contributed by atoms with van der Waals surface area (Å²) in [6.45, 7) is 2.25. The number of benzene rings is 2. The number of H-pyrrole nitrogens is 1. The zero-order valence-corrected chi connectivity index (χ0v) is 16.6. The van der Waals surface area contributed by atoms with Crippen LogP contribution in [0.1, 0.15) is 17.5 Å². The van der Waals surface area contributed by atoms with Crippen molar-refractivity contribution < 1.29 is 13.2 Å². The average molecular weight is 410 g/mol. The molecule has 0 aliphatic carbocycles. The molecule has 29 heavy (non-hydrogen) atoms. The Morgan fingerprint density at radius 3 is 2.86 bits per heavy atom. The minimum absolute atomic E-state index is 0.151. The molecule has 7 nitrogen and oxygen atoms in total. The molecule has 0 radical (unpaired) electrons. The molecular weight excluding hydrogens is 388 g/mol. The Morgan fingerprint density at radius 1 is 1.07 bits per heavy atom. The predicted octanol–water partition coefficient (Wildman–Crippen LogP) is 1.90. The van der Waals surface area contributed by atoms with E-state index in [0.717, 1.165) is 36.1 Å². The maximum Gasteiger partial charge on any atom is 0.245 e. The number of hydrogen-bond donors (Lipinski definition) is 3. The van der Waals surface area contributed by atoms with Gasteiger partial charge in [0.25, 0.3) is 0 Å². The maximum absolute atomic E-state index is 12.9. The summed E-state index contributed by atoms with van der Waals surface area (Å²) in [7, 11) is -3.79. The summed E-state index contributed by atoms with van der Waals surface area (Å²) in [6, 6.07) is 12.1. The van der Waals surface area contributed by atoms with Crippen molar-refractivity contribution in [2.75, 3.05) is 18.0 Å². The van der Waals surface area contributed by atoms with Gasteiger partial charge in [-0.15, -0.1) is 0 Å². The molecule has 3 N–H and O–H groups in total. The highest BCUT2D eigenvalue weighted by Gasteiger charge is 2.36. The molecule has 2 aromatic carbocycles. The first-order valence-corrected chi connectivity index (χ1v) is 11.2. The number of aromatic amines is 1. The van der Waals surface area contributed by atoms with Crippen LogP contribution in [-0.2, 0) is 27.8 Å². The molecule has 0 spiro atoms. The quantitative estimate of drug-likeness (QED) is 0.612. The Morgan fingerprint density at radius 2 is 1.97 bits per heavy atom. The van der Waals surface area contributed by atoms with E-state index in [0.29, 0.717) is 13.0 Å². The van der Waals surface area contributed by atoms with E-state index < -0.39 is 16.1 Å². The van der Waals surface area contributed by atoms with E-state index in [1.165, 1.54) is 11.1 Å². The number of nitrogens with zero attached hydrogens (tertiary/aromatic N) is 1. The van der Waals surface area contributed by atoms with Crippen molar-refractivity contribution in [3.05, 3.63) is 59.8 Å². The van der Waals surface area contributed by atoms with E-state index in [4.69, 9.17) is 0 Å². The molecule has 150 valence electrons. The van der Waals surface area contributed by atoms with Gasteiger partial charge in [0.1, 0.15) is 6.04 Å². The molecule has 5 rings (SSSR count). The molecule has 2 aliphatic heterocycles. The molecule has 3 aromatic rings. The zero-order chi connectivity index (χ0) is 20.0. The second kappa shape index (κ2) is 6.98. The summed E-state index contributed by atoms with van der Waals surface area (Å²) in [5.74, 6) is -0.210. The highest BCUT2D eigenvalue weighted by Crippen LogP contribution is 2.27. The second-order valence-electron chi connectivity index (χ2n) is 7.56. The van der Waals surface area contributed by atoms with Gasteiger partial charge in [-0.05, 0) is 66.2 Å². The minimum atomic E-state index is -3.79. The topological polar surface area (TPSA) is 94.3 Å². The zero-order valence-electron chi connectivity index (χ0n) is 15.8. The average Bonchev–Trinajstić information content (AvgIpc) is 3.34. The predicted molar refractivity (Wildman–Crippen MR) is 111 cm³/mol. The molecule has 0 bridgehead atoms. The first kappa shape index (κ1) is 18.4. The molecule has 1 fully saturated rings. The lowest BCUT2D eigenvalue weighted by Gasteiger charge is -2.22. The van der Waals surface area contributed by atoms with E-state index in [-0.39, 0.29) is 10.8 Å². The van der Waals surface area contributed by atoms with Gasteiger partial charge in [0.2, 0.25) is 15.9 Å². The third-order valence-corrected chi connectivity index (χ3v) is 7.20. The van der Waals surface area contributed by atoms with Gasteiger partial charge in [0, 0.05) is 30.5 Å². The van der Waals surface area contributed by atoms with E-state index >= 15 is 0 Å². The van der Waals surface area contributed by atoms with E-state index in [1.54, 1.807) is 29.3 Å². The van der Waals surface area contributed by atoms with Gasteiger partial charge in [-0.25, -0.2) is 8.42 Å². The summed E-state index contributed by atoms with van der Waals surface area (Å²) in [6.07, 6.45) is 3.19. The molecule has 2 aliphatic rings. The van der Waals surface area contributed by atoms with E-state index in [2.05, 4.69) is 21.1 Å². The molecule has 1 saturated heterocycles. The Bertz CT molecular complexity index is 1200. The molecule has 1 aromatic heterocycles. The van der Waals surface area contributed by atoms with Crippen molar-refractivity contribution in [3.63, 3.8) is 0 Å². The van der Waals surface area contributed by atoms with Gasteiger partial charge in [-0.1, -0.05) is 12.1 Å². The Labute approximate surface area is 169 Å². The number of nitrogens with one attached hydrogen (secondary N) is 3. The molecule has 1 atom stereocenters. The summed E-state index contributed by atoms with van der Waals surface area (Å²) in [5.41, 5.74) is 4.07. The van der Waals surface area contributed by atoms with Crippen LogP contribution >= 0.6 is 0 Å². The van der Waals surface area contributed by atoms with Crippen molar-refractivity contribution in [1.82, 2.24) is 15.0 Å². The lowest BCUT2D eigenvalue weighted by atomic mass is 10.0. The number of fused-ring (bicyclic) bond motifs is 2. The number of hydrogen-bond acceptors (Lipinski definition) is 4. The highest BCUT2D eigenvalue weighted by molar-refractivity contribution is 7.89. The number of amides is 1. The van der Waals surface area contributed by atoms with Crippen molar-refractivity contribution in [3.8, 4) is 0 Å². The molecular formula is C21H22N4O3S.